The van der Waals surface area contributed by atoms with E-state index in [0.717, 1.165) is 6.42 Å². The Hall–Kier alpha value is -2.09. The average Bonchev–Trinajstić information content (AvgIpc) is 2.73. The predicted molar refractivity (Wildman–Crippen MR) is 112 cm³/mol. The second-order valence-electron chi connectivity index (χ2n) is 7.91. The summed E-state index contributed by atoms with van der Waals surface area (Å²) in [6.45, 7) is 4.48. The molecule has 0 atom stereocenters. The highest BCUT2D eigenvalue weighted by Gasteiger charge is 2.31. The molecule has 0 bridgehead atoms. The number of aryl methyl sites for hydroxylation is 1. The first-order valence-corrected chi connectivity index (χ1v) is 10.6. The molecule has 0 radical (unpaired) electrons. The summed E-state index contributed by atoms with van der Waals surface area (Å²) in [5.41, 5.74) is 3.59. The molecule has 2 aromatic carbocycles. The van der Waals surface area contributed by atoms with Gasteiger partial charge < -0.3 is 4.74 Å². The topological polar surface area (TPSA) is 26.3 Å². The number of ether oxygens (including phenoxy) is 1. The van der Waals surface area contributed by atoms with Crippen molar-refractivity contribution in [2.75, 3.05) is 0 Å². The van der Waals surface area contributed by atoms with E-state index in [2.05, 4.69) is 26.0 Å². The Morgan fingerprint density at radius 2 is 1.59 bits per heavy atom. The number of hydrogen-bond acceptors (Lipinski definition) is 2. The Bertz CT molecular complexity index is 722. The zero-order valence-electron chi connectivity index (χ0n) is 16.8. The predicted octanol–water partition coefficient (Wildman–Crippen LogP) is 6.86. The molecule has 1 aliphatic carbocycles. The number of benzene rings is 2. The van der Waals surface area contributed by atoms with Crippen molar-refractivity contribution in [1.29, 1.82) is 0 Å². The maximum Gasteiger partial charge on any atom is 0.343 e. The summed E-state index contributed by atoms with van der Waals surface area (Å²) in [6, 6.07) is 16.0. The Morgan fingerprint density at radius 1 is 0.926 bits per heavy atom. The highest BCUT2D eigenvalue weighted by Crippen LogP contribution is 2.42. The van der Waals surface area contributed by atoms with Gasteiger partial charge in [-0.05, 0) is 72.9 Å². The molecule has 0 heterocycles. The van der Waals surface area contributed by atoms with Gasteiger partial charge in [0.15, 0.2) is 0 Å². The van der Waals surface area contributed by atoms with Gasteiger partial charge in [0.1, 0.15) is 5.75 Å². The molecule has 0 spiro atoms. The lowest BCUT2D eigenvalue weighted by Crippen LogP contribution is -2.28. The van der Waals surface area contributed by atoms with Gasteiger partial charge >= 0.3 is 5.97 Å². The summed E-state index contributed by atoms with van der Waals surface area (Å²) in [7, 11) is 0. The van der Waals surface area contributed by atoms with E-state index in [4.69, 9.17) is 4.74 Å². The van der Waals surface area contributed by atoms with Crippen molar-refractivity contribution in [2.45, 2.75) is 77.0 Å². The van der Waals surface area contributed by atoms with Gasteiger partial charge in [0.05, 0.1) is 5.56 Å². The van der Waals surface area contributed by atoms with Gasteiger partial charge in [0.25, 0.3) is 0 Å². The van der Waals surface area contributed by atoms with E-state index in [9.17, 15) is 4.79 Å². The van der Waals surface area contributed by atoms with Gasteiger partial charge in [-0.25, -0.2) is 4.79 Å². The van der Waals surface area contributed by atoms with E-state index in [-0.39, 0.29) is 5.97 Å². The van der Waals surface area contributed by atoms with E-state index >= 15 is 0 Å². The second-order valence-corrected chi connectivity index (χ2v) is 7.91. The number of rotatable bonds is 7. The molecule has 1 aliphatic rings. The Morgan fingerprint density at radius 3 is 2.19 bits per heavy atom. The number of hydrogen-bond donors (Lipinski definition) is 0. The van der Waals surface area contributed by atoms with E-state index in [1.54, 1.807) is 0 Å². The van der Waals surface area contributed by atoms with Gasteiger partial charge in [-0.15, -0.1) is 0 Å². The number of carbonyl (C=O) groups is 1. The van der Waals surface area contributed by atoms with Crippen molar-refractivity contribution in [3.05, 3.63) is 65.2 Å². The molecule has 2 aromatic rings. The quantitative estimate of drug-likeness (QED) is 0.396. The van der Waals surface area contributed by atoms with Crippen LogP contribution in [0.15, 0.2) is 48.5 Å². The summed E-state index contributed by atoms with van der Waals surface area (Å²) in [5, 5.41) is 0. The number of esters is 1. The molecular weight excluding hydrogens is 332 g/mol. The molecular formula is C25H32O2. The van der Waals surface area contributed by atoms with Gasteiger partial charge in [-0.2, -0.15) is 0 Å². The largest absolute Gasteiger partial charge is 0.423 e. The van der Waals surface area contributed by atoms with Crippen molar-refractivity contribution in [1.82, 2.24) is 0 Å². The van der Waals surface area contributed by atoms with Crippen LogP contribution in [0.1, 0.15) is 86.7 Å². The third-order valence-corrected chi connectivity index (χ3v) is 6.17. The van der Waals surface area contributed by atoms with Gasteiger partial charge in [0, 0.05) is 0 Å². The zero-order chi connectivity index (χ0) is 19.1. The third kappa shape index (κ3) is 4.80. The second kappa shape index (κ2) is 9.21. The molecule has 1 saturated carbocycles. The van der Waals surface area contributed by atoms with Crippen LogP contribution in [0.2, 0.25) is 0 Å². The molecule has 1 fully saturated rings. The van der Waals surface area contributed by atoms with Crippen molar-refractivity contribution in [3.8, 4) is 5.75 Å². The smallest absolute Gasteiger partial charge is 0.343 e. The summed E-state index contributed by atoms with van der Waals surface area (Å²) < 4.78 is 5.59. The Kier molecular flexibility index (Phi) is 6.71. The van der Waals surface area contributed by atoms with Gasteiger partial charge in [-0.1, -0.05) is 63.8 Å². The maximum atomic E-state index is 12.4. The Balaban J connectivity index is 1.64. The highest BCUT2D eigenvalue weighted by molar-refractivity contribution is 5.91. The van der Waals surface area contributed by atoms with Gasteiger partial charge in [-0.3, -0.25) is 0 Å². The van der Waals surface area contributed by atoms with Crippen LogP contribution in [0.3, 0.4) is 0 Å². The lowest BCUT2D eigenvalue weighted by molar-refractivity contribution is 0.0734. The first-order valence-electron chi connectivity index (χ1n) is 10.6. The van der Waals surface area contributed by atoms with Crippen LogP contribution in [0, 0.1) is 0 Å². The summed E-state index contributed by atoms with van der Waals surface area (Å²) >= 11 is 0. The summed E-state index contributed by atoms with van der Waals surface area (Å²) in [5.74, 6) is 0.341. The lowest BCUT2D eigenvalue weighted by Gasteiger charge is -2.37. The minimum atomic E-state index is -0.285. The normalized spacial score (nSPS) is 16.1. The van der Waals surface area contributed by atoms with Crippen LogP contribution < -0.4 is 4.74 Å². The molecule has 0 amide bonds. The van der Waals surface area contributed by atoms with Crippen LogP contribution in [-0.4, -0.2) is 5.97 Å². The summed E-state index contributed by atoms with van der Waals surface area (Å²) in [6.07, 6.45) is 11.1. The fourth-order valence-electron chi connectivity index (χ4n) is 4.31. The van der Waals surface area contributed by atoms with Gasteiger partial charge in [0.2, 0.25) is 0 Å². The van der Waals surface area contributed by atoms with Crippen LogP contribution >= 0.6 is 0 Å². The maximum absolute atomic E-state index is 12.4. The van der Waals surface area contributed by atoms with E-state index in [1.165, 1.54) is 62.5 Å². The average molecular weight is 365 g/mol. The van der Waals surface area contributed by atoms with Crippen LogP contribution in [0.5, 0.6) is 5.75 Å². The van der Waals surface area contributed by atoms with Crippen LogP contribution in [0.25, 0.3) is 0 Å². The molecule has 0 aliphatic heterocycles. The SMILES string of the molecule is CCCCc1ccc(C(=O)Oc2ccc(C3(CC)CCCCC3)cc2)cc1. The summed E-state index contributed by atoms with van der Waals surface area (Å²) in [4.78, 5) is 12.4. The fraction of sp³-hybridized carbons (Fsp3) is 0.480. The van der Waals surface area contributed by atoms with E-state index in [1.807, 2.05) is 36.4 Å². The van der Waals surface area contributed by atoms with Crippen molar-refractivity contribution < 1.29 is 9.53 Å². The molecule has 144 valence electrons. The minimum absolute atomic E-state index is 0.285. The molecule has 0 saturated heterocycles. The van der Waals surface area contributed by atoms with E-state index in [0.29, 0.717) is 16.7 Å². The van der Waals surface area contributed by atoms with Crippen LogP contribution in [0.4, 0.5) is 0 Å². The fourth-order valence-corrected chi connectivity index (χ4v) is 4.31. The molecule has 0 aromatic heterocycles. The lowest BCUT2D eigenvalue weighted by atomic mass is 9.68. The molecule has 3 rings (SSSR count). The molecule has 0 N–H and O–H groups in total. The standard InChI is InChI=1S/C25H32O2/c1-3-5-9-20-10-12-21(13-11-20)24(26)27-23-16-14-22(15-17-23)25(4-2)18-7-6-8-19-25/h10-17H,3-9,18-19H2,1-2H3. The van der Waals surface area contributed by atoms with E-state index < -0.39 is 0 Å². The Labute approximate surface area is 164 Å². The molecule has 27 heavy (non-hydrogen) atoms. The first kappa shape index (κ1) is 19.7. The first-order chi connectivity index (χ1) is 13.2. The number of unbranched alkanes of at least 4 members (excludes halogenated alkanes) is 1. The van der Waals surface area contributed by atoms with Crippen molar-refractivity contribution in [2.24, 2.45) is 0 Å². The van der Waals surface area contributed by atoms with Crippen molar-refractivity contribution in [3.63, 3.8) is 0 Å². The monoisotopic (exact) mass is 364 g/mol. The number of carbonyl (C=O) groups excluding carboxylic acids is 1. The molecule has 2 nitrogen and oxygen atoms in total. The molecule has 0 unspecified atom stereocenters. The zero-order valence-corrected chi connectivity index (χ0v) is 16.8. The minimum Gasteiger partial charge on any atom is -0.423 e. The highest BCUT2D eigenvalue weighted by atomic mass is 16.5. The van der Waals surface area contributed by atoms with Crippen LogP contribution in [-0.2, 0) is 11.8 Å². The van der Waals surface area contributed by atoms with Crippen molar-refractivity contribution >= 4 is 5.97 Å². The third-order valence-electron chi connectivity index (χ3n) is 6.17. The molecule has 2 heteroatoms.